The summed E-state index contributed by atoms with van der Waals surface area (Å²) >= 11 is 0. The van der Waals surface area contributed by atoms with Crippen molar-refractivity contribution in [3.05, 3.63) is 59.2 Å². The lowest BCUT2D eigenvalue weighted by Crippen LogP contribution is -2.52. The zero-order valence-electron chi connectivity index (χ0n) is 20.4. The van der Waals surface area contributed by atoms with E-state index >= 15 is 0 Å². The number of piperidine rings is 1. The molecule has 2 aromatic carbocycles. The summed E-state index contributed by atoms with van der Waals surface area (Å²) in [5.41, 5.74) is 2.47. The Morgan fingerprint density at radius 1 is 1.11 bits per heavy atom. The Hall–Kier alpha value is -4.09. The van der Waals surface area contributed by atoms with Gasteiger partial charge in [-0.05, 0) is 36.2 Å². The van der Waals surface area contributed by atoms with Crippen molar-refractivity contribution in [3.8, 4) is 5.75 Å². The number of nitrogens with one attached hydrogen (secondary N) is 3. The molecule has 0 radical (unpaired) electrons. The quantitative estimate of drug-likeness (QED) is 0.378. The highest BCUT2D eigenvalue weighted by molar-refractivity contribution is 6.05. The van der Waals surface area contributed by atoms with Gasteiger partial charge >= 0.3 is 0 Å². The van der Waals surface area contributed by atoms with E-state index in [0.29, 0.717) is 29.1 Å². The molecule has 2 aliphatic rings. The number of ketones is 1. The topological polar surface area (TPSA) is 143 Å². The van der Waals surface area contributed by atoms with Gasteiger partial charge in [-0.15, -0.1) is 0 Å². The predicted octanol–water partition coefficient (Wildman–Crippen LogP) is 0.770. The van der Waals surface area contributed by atoms with Crippen LogP contribution in [0, 0.1) is 0 Å². The maximum atomic E-state index is 12.9. The molecular weight excluding hydrogens is 480 g/mol. The number of nitrogens with zero attached hydrogens (tertiary/aromatic N) is 1. The molecular formula is C26H28N4O7. The third-order valence-electron chi connectivity index (χ3n) is 6.07. The number of hydrogen-bond acceptors (Lipinski definition) is 8. The molecule has 0 spiro atoms. The van der Waals surface area contributed by atoms with Crippen molar-refractivity contribution in [3.63, 3.8) is 0 Å². The van der Waals surface area contributed by atoms with Gasteiger partial charge in [0.1, 0.15) is 18.4 Å². The zero-order chi connectivity index (χ0) is 26.4. The molecule has 0 bridgehead atoms. The first-order valence-electron chi connectivity index (χ1n) is 11.8. The maximum absolute atomic E-state index is 12.9. The fourth-order valence-corrected chi connectivity index (χ4v) is 4.35. The van der Waals surface area contributed by atoms with Gasteiger partial charge in [0.25, 0.3) is 11.8 Å². The van der Waals surface area contributed by atoms with Gasteiger partial charge in [0.15, 0.2) is 12.4 Å². The molecule has 0 saturated carbocycles. The maximum Gasteiger partial charge on any atom is 0.262 e. The van der Waals surface area contributed by atoms with Crippen LogP contribution >= 0.6 is 0 Å². The minimum absolute atomic E-state index is 0.0524. The Labute approximate surface area is 213 Å². The Morgan fingerprint density at radius 3 is 2.70 bits per heavy atom. The number of ether oxygens (including phenoxy) is 2. The summed E-state index contributed by atoms with van der Waals surface area (Å²) in [5.74, 6) is -1.20. The smallest absolute Gasteiger partial charge is 0.262 e. The second kappa shape index (κ2) is 11.8. The van der Waals surface area contributed by atoms with Gasteiger partial charge in [-0.1, -0.05) is 18.2 Å². The Balaban J connectivity index is 1.32. The summed E-state index contributed by atoms with van der Waals surface area (Å²) in [6, 6.07) is 11.5. The lowest BCUT2D eigenvalue weighted by molar-refractivity contribution is -0.137. The standard InChI is InChI=1S/C26H28N4O7/c1-36-14-18(31)12-27-11-16-4-2-5-17(10-16)28-24(33)15-37-22-7-3-6-19-20(22)13-30(26(19)35)21-8-9-23(32)29-25(21)34/h2-7,10,21,27H,8-9,11-15H2,1H3,(H,28,33)(H,29,32,34). The fraction of sp³-hybridized carbons (Fsp3) is 0.346. The van der Waals surface area contributed by atoms with E-state index in [4.69, 9.17) is 9.47 Å². The molecule has 1 unspecified atom stereocenters. The first kappa shape index (κ1) is 26.0. The molecule has 11 nitrogen and oxygen atoms in total. The largest absolute Gasteiger partial charge is 0.483 e. The number of hydrogen-bond donors (Lipinski definition) is 3. The van der Waals surface area contributed by atoms with Crippen LogP contribution in [0.3, 0.4) is 0 Å². The monoisotopic (exact) mass is 508 g/mol. The first-order valence-corrected chi connectivity index (χ1v) is 11.8. The van der Waals surface area contributed by atoms with Crippen molar-refractivity contribution in [1.29, 1.82) is 0 Å². The lowest BCUT2D eigenvalue weighted by atomic mass is 10.0. The van der Waals surface area contributed by atoms with Crippen molar-refractivity contribution in [1.82, 2.24) is 15.5 Å². The van der Waals surface area contributed by atoms with Crippen molar-refractivity contribution in [2.45, 2.75) is 32.0 Å². The third-order valence-corrected chi connectivity index (χ3v) is 6.07. The lowest BCUT2D eigenvalue weighted by Gasteiger charge is -2.29. The van der Waals surface area contributed by atoms with Gasteiger partial charge in [0.05, 0.1) is 13.1 Å². The Kier molecular flexibility index (Phi) is 8.26. The minimum atomic E-state index is -0.728. The van der Waals surface area contributed by atoms with E-state index in [0.717, 1.165) is 5.56 Å². The Bertz CT molecular complexity index is 1230. The average molecular weight is 509 g/mol. The van der Waals surface area contributed by atoms with E-state index in [9.17, 15) is 24.0 Å². The highest BCUT2D eigenvalue weighted by atomic mass is 16.5. The molecule has 2 aliphatic heterocycles. The molecule has 2 aromatic rings. The molecule has 2 heterocycles. The van der Waals surface area contributed by atoms with Gasteiger partial charge in [0.2, 0.25) is 11.8 Å². The van der Waals surface area contributed by atoms with E-state index < -0.39 is 11.9 Å². The van der Waals surface area contributed by atoms with Crippen LogP contribution in [0.25, 0.3) is 0 Å². The number of amides is 4. The van der Waals surface area contributed by atoms with Crippen LogP contribution in [0.4, 0.5) is 5.69 Å². The van der Waals surface area contributed by atoms with Crippen molar-refractivity contribution < 1.29 is 33.4 Å². The number of carbonyl (C=O) groups is 5. The first-order chi connectivity index (χ1) is 17.9. The molecule has 4 amide bonds. The zero-order valence-corrected chi connectivity index (χ0v) is 20.4. The number of fused-ring (bicyclic) bond motifs is 1. The number of Topliss-reactive ketones (excluding diaryl/α,β-unsaturated/α-hetero) is 1. The fourth-order valence-electron chi connectivity index (χ4n) is 4.35. The molecule has 11 heteroatoms. The summed E-state index contributed by atoms with van der Waals surface area (Å²) in [6.45, 7) is 0.556. The van der Waals surface area contributed by atoms with E-state index in [1.165, 1.54) is 12.0 Å². The van der Waals surface area contributed by atoms with Crippen LogP contribution in [0.2, 0.25) is 0 Å². The van der Waals surface area contributed by atoms with E-state index in [1.54, 1.807) is 36.4 Å². The predicted molar refractivity (Wildman–Crippen MR) is 132 cm³/mol. The molecule has 1 atom stereocenters. The number of methoxy groups -OCH3 is 1. The van der Waals surface area contributed by atoms with Crippen molar-refractivity contribution >= 4 is 35.1 Å². The summed E-state index contributed by atoms with van der Waals surface area (Å²) in [7, 11) is 1.47. The van der Waals surface area contributed by atoms with E-state index in [1.807, 2.05) is 6.07 Å². The summed E-state index contributed by atoms with van der Waals surface area (Å²) in [4.78, 5) is 62.2. The normalized spacial score (nSPS) is 16.8. The molecule has 3 N–H and O–H groups in total. The van der Waals surface area contributed by atoms with Crippen LogP contribution in [-0.4, -0.2) is 67.2 Å². The highest BCUT2D eigenvalue weighted by Gasteiger charge is 2.40. The minimum Gasteiger partial charge on any atom is -0.483 e. The number of anilines is 1. The molecule has 37 heavy (non-hydrogen) atoms. The van der Waals surface area contributed by atoms with Crippen LogP contribution in [0.1, 0.15) is 34.3 Å². The van der Waals surface area contributed by atoms with Gasteiger partial charge in [0, 0.05) is 36.9 Å². The Morgan fingerprint density at radius 2 is 1.92 bits per heavy atom. The molecule has 4 rings (SSSR count). The van der Waals surface area contributed by atoms with Crippen LogP contribution < -0.4 is 20.7 Å². The van der Waals surface area contributed by atoms with Gasteiger partial charge in [-0.25, -0.2) is 0 Å². The molecule has 1 saturated heterocycles. The van der Waals surface area contributed by atoms with E-state index in [-0.39, 0.29) is 62.6 Å². The van der Waals surface area contributed by atoms with Crippen LogP contribution in [0.15, 0.2) is 42.5 Å². The van der Waals surface area contributed by atoms with Gasteiger partial charge in [-0.3, -0.25) is 29.3 Å². The molecule has 194 valence electrons. The van der Waals surface area contributed by atoms with Crippen molar-refractivity contribution in [2.75, 3.05) is 32.2 Å². The number of carbonyl (C=O) groups excluding carboxylic acids is 5. The third kappa shape index (κ3) is 6.38. The summed E-state index contributed by atoms with van der Waals surface area (Å²) < 4.78 is 10.5. The number of imide groups is 1. The van der Waals surface area contributed by atoms with Crippen LogP contribution in [0.5, 0.6) is 5.75 Å². The summed E-state index contributed by atoms with van der Waals surface area (Å²) in [5, 5.41) is 8.09. The van der Waals surface area contributed by atoms with E-state index in [2.05, 4.69) is 16.0 Å². The summed E-state index contributed by atoms with van der Waals surface area (Å²) in [6.07, 6.45) is 0.435. The average Bonchev–Trinajstić information content (AvgIpc) is 3.20. The molecule has 0 aliphatic carbocycles. The highest BCUT2D eigenvalue weighted by Crippen LogP contribution is 2.33. The molecule has 1 fully saturated rings. The van der Waals surface area contributed by atoms with Gasteiger partial charge < -0.3 is 25.0 Å². The second-order valence-electron chi connectivity index (χ2n) is 8.79. The van der Waals surface area contributed by atoms with Gasteiger partial charge in [-0.2, -0.15) is 0 Å². The van der Waals surface area contributed by atoms with Crippen molar-refractivity contribution in [2.24, 2.45) is 0 Å². The number of benzene rings is 2. The second-order valence-corrected chi connectivity index (χ2v) is 8.79. The molecule has 0 aromatic heterocycles. The number of rotatable bonds is 11. The SMILES string of the molecule is COCC(=O)CNCc1cccc(NC(=O)COc2cccc3c2CN(C2CCC(=O)NC2=O)C3=O)c1. The van der Waals surface area contributed by atoms with Crippen LogP contribution in [-0.2, 0) is 37.0 Å².